The average Bonchev–Trinajstić information content (AvgIpc) is 2.89. The summed E-state index contributed by atoms with van der Waals surface area (Å²) in [5.74, 6) is 2.14. The van der Waals surface area contributed by atoms with E-state index in [1.165, 1.54) is 5.56 Å². The number of fused-ring (bicyclic) bond motifs is 1. The van der Waals surface area contributed by atoms with E-state index < -0.39 is 0 Å². The summed E-state index contributed by atoms with van der Waals surface area (Å²) in [5, 5.41) is 7.80. The second-order valence-corrected chi connectivity index (χ2v) is 6.78. The Bertz CT molecular complexity index is 779. The van der Waals surface area contributed by atoms with Crippen LogP contribution in [-0.2, 0) is 13.6 Å². The van der Waals surface area contributed by atoms with Crippen molar-refractivity contribution < 1.29 is 4.74 Å². The maximum atomic E-state index is 6.10. The summed E-state index contributed by atoms with van der Waals surface area (Å²) >= 11 is 12.2. The monoisotopic (exact) mass is 508 g/mol. The molecule has 0 amide bonds. The lowest BCUT2D eigenvalue weighted by atomic mass is 9.93. The van der Waals surface area contributed by atoms with Crippen LogP contribution in [-0.4, -0.2) is 30.7 Å². The Morgan fingerprint density at radius 1 is 1.31 bits per heavy atom. The van der Waals surface area contributed by atoms with Crippen LogP contribution in [0, 0.1) is 0 Å². The predicted molar refractivity (Wildman–Crippen MR) is 118 cm³/mol. The van der Waals surface area contributed by atoms with Crippen LogP contribution in [0.3, 0.4) is 0 Å². The van der Waals surface area contributed by atoms with Gasteiger partial charge in [0.15, 0.2) is 5.96 Å². The fourth-order valence-corrected chi connectivity index (χ4v) is 3.42. The van der Waals surface area contributed by atoms with Gasteiger partial charge in [-0.1, -0.05) is 41.4 Å². The number of benzene rings is 1. The van der Waals surface area contributed by atoms with Crippen LogP contribution in [0.5, 0.6) is 5.75 Å². The first kappa shape index (κ1) is 21.2. The molecule has 0 bridgehead atoms. The van der Waals surface area contributed by atoms with Gasteiger partial charge in [0.1, 0.15) is 10.9 Å². The van der Waals surface area contributed by atoms with Gasteiger partial charge in [-0.2, -0.15) is 0 Å². The topological polar surface area (TPSA) is 50.6 Å². The molecule has 26 heavy (non-hydrogen) atoms. The Hall–Kier alpha value is -1.12. The predicted octanol–water partition coefficient (Wildman–Crippen LogP) is 4.18. The molecule has 3 rings (SSSR count). The molecule has 1 aromatic heterocycles. The first-order chi connectivity index (χ1) is 12.1. The Morgan fingerprint density at radius 2 is 2.08 bits per heavy atom. The van der Waals surface area contributed by atoms with Crippen LogP contribution < -0.4 is 15.4 Å². The van der Waals surface area contributed by atoms with Crippen LogP contribution in [0.1, 0.15) is 23.6 Å². The fraction of sp³-hybridized carbons (Fsp3) is 0.389. The average molecular weight is 509 g/mol. The van der Waals surface area contributed by atoms with E-state index >= 15 is 0 Å². The van der Waals surface area contributed by atoms with Gasteiger partial charge >= 0.3 is 0 Å². The molecule has 2 N–H and O–H groups in total. The molecule has 1 aliphatic heterocycles. The molecule has 0 saturated carbocycles. The Balaban J connectivity index is 0.00000243. The SMILES string of the molecule is CN=C(NCc1cc(Cl)c(Cl)n1C)NCC1CCOc2ccccc21.I. The zero-order valence-electron chi connectivity index (χ0n) is 14.8. The van der Waals surface area contributed by atoms with E-state index in [4.69, 9.17) is 27.9 Å². The van der Waals surface area contributed by atoms with Crippen molar-refractivity contribution in [2.45, 2.75) is 18.9 Å². The number of hydrogen-bond donors (Lipinski definition) is 2. The third kappa shape index (κ3) is 4.78. The molecule has 5 nitrogen and oxygen atoms in total. The van der Waals surface area contributed by atoms with E-state index in [9.17, 15) is 0 Å². The number of nitrogens with one attached hydrogen (secondary N) is 2. The highest BCUT2D eigenvalue weighted by molar-refractivity contribution is 14.0. The molecular weight excluding hydrogens is 486 g/mol. The molecule has 142 valence electrons. The normalized spacial score (nSPS) is 16.3. The molecule has 2 heterocycles. The van der Waals surface area contributed by atoms with Crippen LogP contribution in [0.25, 0.3) is 0 Å². The van der Waals surface area contributed by atoms with Gasteiger partial charge in [-0.15, -0.1) is 24.0 Å². The molecule has 2 aromatic rings. The highest BCUT2D eigenvalue weighted by Crippen LogP contribution is 2.32. The van der Waals surface area contributed by atoms with Gasteiger partial charge < -0.3 is 19.9 Å². The van der Waals surface area contributed by atoms with Crippen molar-refractivity contribution in [3.8, 4) is 5.75 Å². The zero-order valence-corrected chi connectivity index (χ0v) is 18.6. The number of guanidine groups is 1. The second-order valence-electron chi connectivity index (χ2n) is 6.01. The number of hydrogen-bond acceptors (Lipinski definition) is 2. The van der Waals surface area contributed by atoms with E-state index in [2.05, 4.69) is 27.8 Å². The van der Waals surface area contributed by atoms with Crippen molar-refractivity contribution in [2.75, 3.05) is 20.2 Å². The summed E-state index contributed by atoms with van der Waals surface area (Å²) in [6, 6.07) is 10.1. The minimum Gasteiger partial charge on any atom is -0.493 e. The van der Waals surface area contributed by atoms with Crippen molar-refractivity contribution in [3.05, 3.63) is 51.8 Å². The smallest absolute Gasteiger partial charge is 0.191 e. The Kier molecular flexibility index (Phi) is 7.91. The van der Waals surface area contributed by atoms with E-state index in [1.54, 1.807) is 7.05 Å². The molecule has 1 aromatic carbocycles. The van der Waals surface area contributed by atoms with Gasteiger partial charge in [0.25, 0.3) is 0 Å². The van der Waals surface area contributed by atoms with Gasteiger partial charge in [0.05, 0.1) is 18.2 Å². The lowest BCUT2D eigenvalue weighted by Gasteiger charge is -2.26. The molecular formula is C18H23Cl2IN4O. The van der Waals surface area contributed by atoms with E-state index in [-0.39, 0.29) is 24.0 Å². The number of aliphatic imine (C=N–C) groups is 1. The summed E-state index contributed by atoms with van der Waals surface area (Å²) < 4.78 is 7.58. The van der Waals surface area contributed by atoms with Crippen LogP contribution in [0.4, 0.5) is 0 Å². The van der Waals surface area contributed by atoms with Gasteiger partial charge in [0, 0.05) is 32.3 Å². The van der Waals surface area contributed by atoms with Crippen LogP contribution in [0.15, 0.2) is 35.3 Å². The minimum absolute atomic E-state index is 0. The summed E-state index contributed by atoms with van der Waals surface area (Å²) in [6.45, 7) is 2.14. The summed E-state index contributed by atoms with van der Waals surface area (Å²) in [7, 11) is 3.65. The maximum Gasteiger partial charge on any atom is 0.191 e. The lowest BCUT2D eigenvalue weighted by molar-refractivity contribution is 0.267. The fourth-order valence-electron chi connectivity index (χ4n) is 3.00. The highest BCUT2D eigenvalue weighted by atomic mass is 127. The number of ether oxygens (including phenoxy) is 1. The summed E-state index contributed by atoms with van der Waals surface area (Å²) in [6.07, 6.45) is 0.990. The number of nitrogens with zero attached hydrogens (tertiary/aromatic N) is 2. The summed E-state index contributed by atoms with van der Waals surface area (Å²) in [5.41, 5.74) is 2.24. The molecule has 0 saturated heterocycles. The Labute approximate surface area is 181 Å². The summed E-state index contributed by atoms with van der Waals surface area (Å²) in [4.78, 5) is 4.29. The third-order valence-electron chi connectivity index (χ3n) is 4.47. The van der Waals surface area contributed by atoms with Crippen LogP contribution in [0.2, 0.25) is 10.2 Å². The largest absolute Gasteiger partial charge is 0.493 e. The third-order valence-corrected chi connectivity index (χ3v) is 5.32. The number of aromatic nitrogens is 1. The van der Waals surface area contributed by atoms with Crippen molar-refractivity contribution in [1.29, 1.82) is 0 Å². The van der Waals surface area contributed by atoms with E-state index in [0.717, 1.165) is 37.0 Å². The first-order valence-electron chi connectivity index (χ1n) is 8.26. The number of halogens is 3. The first-order valence-corrected chi connectivity index (χ1v) is 9.01. The number of rotatable bonds is 4. The molecule has 0 aliphatic carbocycles. The number of para-hydroxylation sites is 1. The van der Waals surface area contributed by atoms with Crippen molar-refractivity contribution >= 4 is 53.1 Å². The van der Waals surface area contributed by atoms with Gasteiger partial charge in [-0.25, -0.2) is 0 Å². The lowest BCUT2D eigenvalue weighted by Crippen LogP contribution is -2.40. The molecule has 1 unspecified atom stereocenters. The quantitative estimate of drug-likeness (QED) is 0.370. The highest BCUT2D eigenvalue weighted by Gasteiger charge is 2.21. The van der Waals surface area contributed by atoms with E-state index in [0.29, 0.717) is 22.6 Å². The van der Waals surface area contributed by atoms with Gasteiger partial charge in [0.2, 0.25) is 0 Å². The molecule has 1 atom stereocenters. The maximum absolute atomic E-state index is 6.10. The molecule has 8 heteroatoms. The van der Waals surface area contributed by atoms with E-state index in [1.807, 2.05) is 29.8 Å². The van der Waals surface area contributed by atoms with Gasteiger partial charge in [-0.3, -0.25) is 4.99 Å². The molecule has 0 radical (unpaired) electrons. The second kappa shape index (κ2) is 9.71. The van der Waals surface area contributed by atoms with Crippen molar-refractivity contribution in [1.82, 2.24) is 15.2 Å². The molecule has 0 fully saturated rings. The molecule has 1 aliphatic rings. The van der Waals surface area contributed by atoms with Gasteiger partial charge in [-0.05, 0) is 24.1 Å². The minimum atomic E-state index is 0. The van der Waals surface area contributed by atoms with Crippen LogP contribution >= 0.6 is 47.2 Å². The standard InChI is InChI=1S/C18H22Cl2N4O.HI/c1-21-18(23-11-13-9-15(19)17(20)24(13)2)22-10-12-7-8-25-16-6-4-3-5-14(12)16;/h3-6,9,12H,7-8,10-11H2,1-2H3,(H2,21,22,23);1H. The molecule has 0 spiro atoms. The zero-order chi connectivity index (χ0) is 17.8. The van der Waals surface area contributed by atoms with Crippen molar-refractivity contribution in [3.63, 3.8) is 0 Å². The Morgan fingerprint density at radius 3 is 2.77 bits per heavy atom. The van der Waals surface area contributed by atoms with Crippen molar-refractivity contribution in [2.24, 2.45) is 12.0 Å².